The summed E-state index contributed by atoms with van der Waals surface area (Å²) in [5.74, 6) is -0.141. The Bertz CT molecular complexity index is 855. The van der Waals surface area contributed by atoms with Gasteiger partial charge in [-0.1, -0.05) is 55.3 Å². The van der Waals surface area contributed by atoms with Gasteiger partial charge in [0.25, 0.3) is 5.91 Å². The highest BCUT2D eigenvalue weighted by atomic mass is 35.5. The SMILES string of the molecule is CCCC1N=C(c2ccccc2)c2cc(Cl)ccc2N(CC#N)C1=O. The third-order valence-corrected chi connectivity index (χ3v) is 4.41. The molecule has 25 heavy (non-hydrogen) atoms. The van der Waals surface area contributed by atoms with Gasteiger partial charge < -0.3 is 0 Å². The third-order valence-electron chi connectivity index (χ3n) is 4.18. The molecule has 0 aromatic heterocycles. The predicted molar refractivity (Wildman–Crippen MR) is 100 cm³/mol. The number of halogens is 1. The standard InChI is InChI=1S/C20H18ClN3O/c1-2-6-17-20(25)24(12-11-22)18-10-9-15(21)13-16(18)19(23-17)14-7-4-3-5-8-14/h3-5,7-10,13,17H,2,6,12H2,1H3. The Morgan fingerprint density at radius 1 is 1.24 bits per heavy atom. The van der Waals surface area contributed by atoms with Gasteiger partial charge in [0.2, 0.25) is 0 Å². The summed E-state index contributed by atoms with van der Waals surface area (Å²) in [7, 11) is 0. The Labute approximate surface area is 152 Å². The van der Waals surface area contributed by atoms with E-state index in [1.165, 1.54) is 4.90 Å². The molecule has 1 unspecified atom stereocenters. The lowest BCUT2D eigenvalue weighted by molar-refractivity contribution is -0.119. The number of aliphatic imine (C=N–C) groups is 1. The van der Waals surface area contributed by atoms with Crippen LogP contribution in [0.2, 0.25) is 5.02 Å². The molecule has 1 aliphatic rings. The van der Waals surface area contributed by atoms with Crippen molar-refractivity contribution in [1.29, 1.82) is 5.26 Å². The molecule has 5 heteroatoms. The van der Waals surface area contributed by atoms with Crippen LogP contribution in [0.1, 0.15) is 30.9 Å². The number of anilines is 1. The van der Waals surface area contributed by atoms with Gasteiger partial charge in [-0.2, -0.15) is 5.26 Å². The predicted octanol–water partition coefficient (Wildman–Crippen LogP) is 4.22. The van der Waals surface area contributed by atoms with Crippen molar-refractivity contribution in [2.45, 2.75) is 25.8 Å². The second-order valence-corrected chi connectivity index (χ2v) is 6.33. The number of nitriles is 1. The van der Waals surface area contributed by atoms with E-state index in [1.54, 1.807) is 12.1 Å². The van der Waals surface area contributed by atoms with Crippen molar-refractivity contribution in [3.63, 3.8) is 0 Å². The number of benzodiazepines with no additional fused rings is 1. The zero-order chi connectivity index (χ0) is 17.8. The fourth-order valence-electron chi connectivity index (χ4n) is 3.03. The van der Waals surface area contributed by atoms with Gasteiger partial charge >= 0.3 is 0 Å². The van der Waals surface area contributed by atoms with E-state index in [9.17, 15) is 10.1 Å². The summed E-state index contributed by atoms with van der Waals surface area (Å²) < 4.78 is 0. The highest BCUT2D eigenvalue weighted by Crippen LogP contribution is 2.31. The molecule has 0 spiro atoms. The second kappa shape index (κ2) is 7.50. The molecule has 1 amide bonds. The van der Waals surface area contributed by atoms with E-state index in [4.69, 9.17) is 16.6 Å². The highest BCUT2D eigenvalue weighted by molar-refractivity contribution is 6.32. The van der Waals surface area contributed by atoms with Gasteiger partial charge in [0.15, 0.2) is 0 Å². The largest absolute Gasteiger partial charge is 0.296 e. The molecule has 0 fully saturated rings. The first-order valence-electron chi connectivity index (χ1n) is 8.27. The van der Waals surface area contributed by atoms with Crippen LogP contribution in [0, 0.1) is 11.3 Å². The summed E-state index contributed by atoms with van der Waals surface area (Å²) >= 11 is 6.22. The molecule has 1 atom stereocenters. The topological polar surface area (TPSA) is 56.5 Å². The van der Waals surface area contributed by atoms with Crippen LogP contribution in [0.4, 0.5) is 5.69 Å². The molecular formula is C20H18ClN3O. The van der Waals surface area contributed by atoms with Crippen molar-refractivity contribution in [3.8, 4) is 6.07 Å². The number of hydrogen-bond donors (Lipinski definition) is 0. The lowest BCUT2D eigenvalue weighted by Gasteiger charge is -2.22. The molecule has 0 bridgehead atoms. The van der Waals surface area contributed by atoms with E-state index in [0.29, 0.717) is 17.1 Å². The summed E-state index contributed by atoms with van der Waals surface area (Å²) in [5.41, 5.74) is 3.13. The van der Waals surface area contributed by atoms with E-state index in [0.717, 1.165) is 23.3 Å². The first-order chi connectivity index (χ1) is 12.2. The first-order valence-corrected chi connectivity index (χ1v) is 8.65. The fourth-order valence-corrected chi connectivity index (χ4v) is 3.21. The van der Waals surface area contributed by atoms with Gasteiger partial charge in [0.05, 0.1) is 17.5 Å². The minimum atomic E-state index is -0.500. The van der Waals surface area contributed by atoms with E-state index in [1.807, 2.05) is 43.3 Å². The van der Waals surface area contributed by atoms with Crippen LogP contribution in [-0.4, -0.2) is 24.2 Å². The lowest BCUT2D eigenvalue weighted by atomic mass is 10.00. The molecular weight excluding hydrogens is 334 g/mol. The Kier molecular flexibility index (Phi) is 5.16. The van der Waals surface area contributed by atoms with Crippen molar-refractivity contribution >= 4 is 28.9 Å². The van der Waals surface area contributed by atoms with Crippen LogP contribution in [0.5, 0.6) is 0 Å². The minimum absolute atomic E-state index is 0.00866. The molecule has 0 radical (unpaired) electrons. The average Bonchev–Trinajstić information content (AvgIpc) is 2.73. The van der Waals surface area contributed by atoms with Crippen LogP contribution >= 0.6 is 11.6 Å². The fraction of sp³-hybridized carbons (Fsp3) is 0.250. The summed E-state index contributed by atoms with van der Waals surface area (Å²) in [5, 5.41) is 9.77. The highest BCUT2D eigenvalue weighted by Gasteiger charge is 2.31. The van der Waals surface area contributed by atoms with Crippen LogP contribution in [0.25, 0.3) is 0 Å². The van der Waals surface area contributed by atoms with Crippen LogP contribution < -0.4 is 4.90 Å². The number of carbonyl (C=O) groups excluding carboxylic acids is 1. The maximum atomic E-state index is 13.0. The minimum Gasteiger partial charge on any atom is -0.296 e. The Balaban J connectivity index is 2.25. The van der Waals surface area contributed by atoms with E-state index in [2.05, 4.69) is 6.07 Å². The molecule has 2 aromatic carbocycles. The number of nitrogens with zero attached hydrogens (tertiary/aromatic N) is 3. The number of amides is 1. The molecule has 0 N–H and O–H groups in total. The Hall–Kier alpha value is -2.64. The first kappa shape index (κ1) is 17.2. The van der Waals surface area contributed by atoms with Crippen LogP contribution in [0.3, 0.4) is 0 Å². The van der Waals surface area contributed by atoms with E-state index in [-0.39, 0.29) is 12.5 Å². The molecule has 1 heterocycles. The molecule has 3 rings (SSSR count). The quantitative estimate of drug-likeness (QED) is 0.774. The number of fused-ring (bicyclic) bond motifs is 1. The van der Waals surface area contributed by atoms with Crippen molar-refractivity contribution < 1.29 is 4.79 Å². The number of rotatable bonds is 4. The third kappa shape index (κ3) is 3.42. The summed E-state index contributed by atoms with van der Waals surface area (Å²) in [6.45, 7) is 2.01. The van der Waals surface area contributed by atoms with Gasteiger partial charge in [-0.15, -0.1) is 0 Å². The van der Waals surface area contributed by atoms with Crippen LogP contribution in [0.15, 0.2) is 53.5 Å². The van der Waals surface area contributed by atoms with Gasteiger partial charge in [-0.3, -0.25) is 14.7 Å². The maximum absolute atomic E-state index is 13.0. The van der Waals surface area contributed by atoms with E-state index < -0.39 is 6.04 Å². The summed E-state index contributed by atoms with van der Waals surface area (Å²) in [6.07, 6.45) is 1.47. The van der Waals surface area contributed by atoms with Gasteiger partial charge in [-0.05, 0) is 24.6 Å². The van der Waals surface area contributed by atoms with Gasteiger partial charge in [0, 0.05) is 16.1 Å². The zero-order valence-corrected chi connectivity index (χ0v) is 14.7. The lowest BCUT2D eigenvalue weighted by Crippen LogP contribution is -2.38. The smallest absolute Gasteiger partial charge is 0.252 e. The molecule has 0 saturated carbocycles. The molecule has 2 aromatic rings. The number of benzene rings is 2. The van der Waals surface area contributed by atoms with Crippen molar-refractivity contribution in [2.24, 2.45) is 4.99 Å². The van der Waals surface area contributed by atoms with Crippen molar-refractivity contribution in [2.75, 3.05) is 11.4 Å². The molecule has 0 aliphatic carbocycles. The van der Waals surface area contributed by atoms with Gasteiger partial charge in [0.1, 0.15) is 12.6 Å². The average molecular weight is 352 g/mol. The number of carbonyl (C=O) groups is 1. The number of hydrogen-bond acceptors (Lipinski definition) is 3. The molecule has 4 nitrogen and oxygen atoms in total. The Morgan fingerprint density at radius 3 is 2.68 bits per heavy atom. The van der Waals surface area contributed by atoms with Crippen molar-refractivity contribution in [3.05, 3.63) is 64.7 Å². The molecule has 126 valence electrons. The molecule has 1 aliphatic heterocycles. The normalized spacial score (nSPS) is 16.7. The zero-order valence-electron chi connectivity index (χ0n) is 13.9. The van der Waals surface area contributed by atoms with E-state index >= 15 is 0 Å². The Morgan fingerprint density at radius 2 is 2.00 bits per heavy atom. The molecule has 0 saturated heterocycles. The van der Waals surface area contributed by atoms with Crippen LogP contribution in [-0.2, 0) is 4.79 Å². The maximum Gasteiger partial charge on any atom is 0.252 e. The summed E-state index contributed by atoms with van der Waals surface area (Å²) in [6, 6.07) is 16.7. The van der Waals surface area contributed by atoms with Gasteiger partial charge in [-0.25, -0.2) is 0 Å². The second-order valence-electron chi connectivity index (χ2n) is 5.89. The summed E-state index contributed by atoms with van der Waals surface area (Å²) in [4.78, 5) is 19.3. The van der Waals surface area contributed by atoms with Crippen molar-refractivity contribution in [1.82, 2.24) is 0 Å². The monoisotopic (exact) mass is 351 g/mol.